The van der Waals surface area contributed by atoms with Crippen molar-refractivity contribution in [1.82, 2.24) is 28.3 Å². The topological polar surface area (TPSA) is 1180 Å². The molecule has 0 radical (unpaired) electrons. The van der Waals surface area contributed by atoms with Crippen LogP contribution >= 0.6 is 0 Å². The van der Waals surface area contributed by atoms with Crippen LogP contribution < -0.4 is 97.1 Å². The number of nitrogens with one attached hydrogen (secondary N) is 10. The van der Waals surface area contributed by atoms with Gasteiger partial charge in [-0.2, -0.15) is 9.59 Å². The molecule has 0 saturated carbocycles. The van der Waals surface area contributed by atoms with Crippen LogP contribution in [0.4, 0.5) is 57.5 Å². The van der Waals surface area contributed by atoms with Crippen LogP contribution in [0.25, 0.3) is 0 Å². The van der Waals surface area contributed by atoms with Crippen molar-refractivity contribution >= 4 is 109 Å². The van der Waals surface area contributed by atoms with E-state index in [1.807, 2.05) is 10.6 Å². The summed E-state index contributed by atoms with van der Waals surface area (Å²) in [5.74, 6) is -1.22. The van der Waals surface area contributed by atoms with Gasteiger partial charge < -0.3 is 97.2 Å². The number of imide groups is 1. The van der Waals surface area contributed by atoms with E-state index in [9.17, 15) is 67.1 Å². The molecule has 0 aromatic rings. The monoisotopic (exact) mass is 1170 g/mol. The summed E-state index contributed by atoms with van der Waals surface area (Å²) in [5.41, 5.74) is 73.9. The molecule has 59 heteroatoms. The van der Waals surface area contributed by atoms with Crippen LogP contribution in [-0.4, -0.2) is 127 Å². The van der Waals surface area contributed by atoms with Crippen LogP contribution in [0, 0.1) is 66.6 Å². The first-order valence-electron chi connectivity index (χ1n) is 14.8. The van der Waals surface area contributed by atoms with Gasteiger partial charge in [-0.1, -0.05) is 51.1 Å². The number of nitrogens with zero attached hydrogens (tertiary/aromatic N) is 14. The molecule has 450 valence electrons. The summed E-state index contributed by atoms with van der Waals surface area (Å²) in [7, 11) is 0. The van der Waals surface area contributed by atoms with Gasteiger partial charge in [-0.15, -0.1) is 0 Å². The van der Waals surface area contributed by atoms with Crippen molar-refractivity contribution in [3.05, 3.63) is 6.65 Å². The summed E-state index contributed by atoms with van der Waals surface area (Å²) in [4.78, 5) is 178. The molecule has 0 bridgehead atoms. The molecule has 0 saturated heterocycles. The number of carbonyl (C=O) groups excluding carboxylic acids is 19. The largest absolute Gasteiger partial charge is 0 e. The Morgan fingerprint density at radius 1 is 0.450 bits per heavy atom. The van der Waals surface area contributed by atoms with Gasteiger partial charge in [-0.3, -0.25) is 14.9 Å². The molecule has 59 nitrogen and oxygen atoms in total. The van der Waals surface area contributed by atoms with Gasteiger partial charge in [0, 0.05) is 24.4 Å². The van der Waals surface area contributed by atoms with E-state index < -0.39 is 84.2 Å². The predicted molar refractivity (Wildman–Crippen MR) is 238 cm³/mol. The maximum absolute atomic E-state index is 9.86. The Balaban J connectivity index is -0.0000000284. The number of isocyanates is 3. The van der Waals surface area contributed by atoms with Crippen LogP contribution in [0.15, 0.2) is 51.1 Å². The average molecular weight is 1170 g/mol. The molecule has 80 heavy (non-hydrogen) atoms. The Morgan fingerprint density at radius 3 is 0.600 bits per heavy atom. The van der Waals surface area contributed by atoms with E-state index in [1.165, 1.54) is 0 Å². The van der Waals surface area contributed by atoms with Gasteiger partial charge in [0.05, 0.1) is 13.1 Å². The fourth-order valence-corrected chi connectivity index (χ4v) is 0.975. The first-order chi connectivity index (χ1) is 35.7. The van der Waals surface area contributed by atoms with Crippen molar-refractivity contribution in [2.45, 2.75) is 0 Å². The second-order valence-corrected chi connectivity index (χ2v) is 7.20. The summed E-state index contributed by atoms with van der Waals surface area (Å²) in [6, 6.07) is -11.2. The molecule has 1 aliphatic heterocycles. The summed E-state index contributed by atoms with van der Waals surface area (Å²) in [6.07, 6.45) is 2.50. The Kier molecular flexibility index (Phi) is 182. The first kappa shape index (κ1) is 121. The minimum absolute atomic E-state index is 0. The van der Waals surface area contributed by atoms with E-state index in [0.717, 1.165) is 18.2 Å². The van der Waals surface area contributed by atoms with Gasteiger partial charge in [-0.25, -0.2) is 110 Å². The molecule has 0 aliphatic carbocycles. The normalized spacial score (nSPS) is 7.53. The quantitative estimate of drug-likeness (QED) is 0.0314. The Labute approximate surface area is 440 Å². The number of hydrogen-bond donors (Lipinski definition) is 24. The maximum atomic E-state index is 9.86. The van der Waals surface area contributed by atoms with E-state index in [0.29, 0.717) is 0 Å². The molecule has 42 N–H and O–H groups in total. The van der Waals surface area contributed by atoms with Gasteiger partial charge in [0.1, 0.15) is 0 Å². The molecule has 0 fully saturated rings. The maximum Gasteiger partial charge on any atom is 0 e. The molecule has 0 aromatic carbocycles. The predicted octanol–water partition coefficient (Wildman–Crippen LogP) is -4.73. The Hall–Kier alpha value is -14.4. The molecular formula is C21H50N38O21. The van der Waals surface area contributed by atoms with E-state index >= 15 is 0 Å². The standard InChI is InChI=1S/2C3H7N3O2.4C2H4N4O2.C2HN3O2.3CHNO.CO2.CO.2H2N2.2N2.2H3N.H2O.2H2/c2*4-2(7)1-6-3(5)8;4*3-1(7)5-6-2(4)8;6-1-3-2(7)5-4-1;4*2-1-3;5*1-2;;;;;/h2*1H2,(H2,4,7)(H3,5,6,8);4*(H2,3,7)(H2,4,8);(H,3,6,7);3*2H;;;2*1-2H;;;2*1H3;1H2;2*1H. The molecule has 0 atom stereocenters. The minimum atomic E-state index is -1.04. The fourth-order valence-electron chi connectivity index (χ4n) is 0.975. The Bertz CT molecular complexity index is 1820. The number of urea groups is 12. The smallest absolute Gasteiger partial charge is 0 e. The summed E-state index contributed by atoms with van der Waals surface area (Å²) in [6.45, 7) is 4.10. The van der Waals surface area contributed by atoms with Crippen molar-refractivity contribution in [1.29, 1.82) is 59.9 Å². The molecule has 0 aromatic heterocycles. The van der Waals surface area contributed by atoms with Crippen LogP contribution in [-0.2, 0) is 38.2 Å². The third-order valence-electron chi connectivity index (χ3n) is 2.31. The van der Waals surface area contributed by atoms with Crippen molar-refractivity contribution in [3.63, 3.8) is 0 Å². The average Bonchev–Trinajstić information content (AvgIpc) is 3.74. The van der Waals surface area contributed by atoms with Crippen molar-refractivity contribution in [2.75, 3.05) is 13.1 Å². The Morgan fingerprint density at radius 2 is 0.562 bits per heavy atom. The van der Waals surface area contributed by atoms with Gasteiger partial charge in [0.2, 0.25) is 30.1 Å². The molecule has 1 rings (SSSR count). The van der Waals surface area contributed by atoms with Gasteiger partial charge in [-0.05, 0) is 0 Å². The van der Waals surface area contributed by atoms with Gasteiger partial charge >= 0.3 is 89.8 Å². The SMILES string of the molecule is N.N.N#N.N#N.N=C=O.N=C=O.N=C=O.N=N.N=N.NC(=O)CNC(N)=O.NC(=O)CNC(N)=O.NC(=O)N=NC(N)=O.NC(=O)N=NC(N)=O.NC(=O)N=NC(N)=O.NC(=O)N=NC(N)=O.O.O=C1N=NC(=O)N1.O=C=O.[C-]#[O+].[HH].[HH]. The van der Waals surface area contributed by atoms with Gasteiger partial charge in [0.25, 0.3) is 0 Å². The molecule has 0 unspecified atom stereocenters. The third-order valence-corrected chi connectivity index (χ3v) is 2.31. The zero-order valence-electron chi connectivity index (χ0n) is 39.2. The number of hydrogen-bond acceptors (Lipinski definition) is 32. The summed E-state index contributed by atoms with van der Waals surface area (Å²) >= 11 is 0. The van der Waals surface area contributed by atoms with E-state index in [-0.39, 0.29) is 39.9 Å². The number of amides is 26. The summed E-state index contributed by atoms with van der Waals surface area (Å²) in [5, 5.41) is 72.6. The van der Waals surface area contributed by atoms with Crippen LogP contribution in [0.1, 0.15) is 2.85 Å². The number of rotatable bonds is 4. The second-order valence-electron chi connectivity index (χ2n) is 7.20. The van der Waals surface area contributed by atoms with Crippen molar-refractivity contribution in [2.24, 2.45) is 120 Å². The van der Waals surface area contributed by atoms with Crippen LogP contribution in [0.2, 0.25) is 0 Å². The van der Waals surface area contributed by atoms with Crippen molar-refractivity contribution in [3.8, 4) is 0 Å². The van der Waals surface area contributed by atoms with E-state index in [4.69, 9.17) is 88.5 Å². The minimum Gasteiger partial charge on any atom is 0 e. The van der Waals surface area contributed by atoms with E-state index in [2.05, 4.69) is 127 Å². The molecule has 26 amide bonds. The molecule has 0 spiro atoms. The molecule has 1 heterocycles. The van der Waals surface area contributed by atoms with Crippen LogP contribution in [0.3, 0.4) is 0 Å². The zero-order chi connectivity index (χ0) is 65.5. The van der Waals surface area contributed by atoms with E-state index in [1.54, 1.807) is 5.32 Å². The van der Waals surface area contributed by atoms with Crippen LogP contribution in [0.5, 0.6) is 0 Å². The summed E-state index contributed by atoms with van der Waals surface area (Å²) < 4.78 is 7.50. The second kappa shape index (κ2) is 120. The number of nitrogens with two attached hydrogens (primary N) is 12. The van der Waals surface area contributed by atoms with Crippen molar-refractivity contribution < 1.29 is 104 Å². The number of primary amides is 12. The number of azo groups is 5. The number of carbonyl (C=O) groups is 14. The van der Waals surface area contributed by atoms with Gasteiger partial charge in [0.15, 0.2) is 0 Å². The molecular weight excluding hydrogens is 1120 g/mol. The molecule has 1 aliphatic rings. The fraction of sp³-hybridized carbons (Fsp3) is 0.0952. The first-order valence-corrected chi connectivity index (χ1v) is 14.8. The zero-order valence-corrected chi connectivity index (χ0v) is 39.2. The third kappa shape index (κ3) is 412.